The van der Waals surface area contributed by atoms with Crippen LogP contribution < -0.4 is 15.1 Å². The maximum absolute atomic E-state index is 13.9. The summed E-state index contributed by atoms with van der Waals surface area (Å²) in [5, 5.41) is 3.15. The first-order valence-corrected chi connectivity index (χ1v) is 14.3. The Kier molecular flexibility index (Phi) is 6.66. The molecule has 0 radical (unpaired) electrons. The van der Waals surface area contributed by atoms with Crippen molar-refractivity contribution in [2.75, 3.05) is 10.2 Å². The Morgan fingerprint density at radius 3 is 2.31 bits per heavy atom. The maximum Gasteiger partial charge on any atom is 0.308 e. The maximum atomic E-state index is 13.9. The van der Waals surface area contributed by atoms with Crippen molar-refractivity contribution in [3.8, 4) is 0 Å². The van der Waals surface area contributed by atoms with E-state index in [1.165, 1.54) is 21.2 Å². The zero-order chi connectivity index (χ0) is 27.3. The summed E-state index contributed by atoms with van der Waals surface area (Å²) in [6, 6.07) is 23.4. The van der Waals surface area contributed by atoms with E-state index >= 15 is 0 Å². The highest BCUT2D eigenvalue weighted by Gasteiger charge is 2.56. The molecule has 0 spiro atoms. The van der Waals surface area contributed by atoms with E-state index in [1.807, 2.05) is 49.4 Å². The van der Waals surface area contributed by atoms with Crippen LogP contribution in [0.5, 0.6) is 0 Å². The average molecular weight is 576 g/mol. The van der Waals surface area contributed by atoms with Gasteiger partial charge in [0.2, 0.25) is 17.7 Å². The van der Waals surface area contributed by atoms with Gasteiger partial charge >= 0.3 is 4.87 Å². The second-order valence-electron chi connectivity index (χ2n) is 9.48. The Balaban J connectivity index is 1.42. The number of fused-ring (bicyclic) bond motifs is 2. The van der Waals surface area contributed by atoms with Crippen LogP contribution in [0.3, 0.4) is 0 Å². The number of aromatic nitrogens is 1. The largest absolute Gasteiger partial charge is 0.325 e. The zero-order valence-electron chi connectivity index (χ0n) is 20.7. The van der Waals surface area contributed by atoms with Crippen molar-refractivity contribution in [1.82, 2.24) is 4.57 Å². The minimum absolute atomic E-state index is 0.207. The van der Waals surface area contributed by atoms with E-state index in [-0.39, 0.29) is 29.1 Å². The number of rotatable bonds is 5. The minimum Gasteiger partial charge on any atom is -0.325 e. The topological polar surface area (TPSA) is 88.5 Å². The van der Waals surface area contributed by atoms with Gasteiger partial charge in [0.15, 0.2) is 0 Å². The Labute approximate surface area is 237 Å². The molecule has 196 valence electrons. The number of aryl methyl sites for hydroxylation is 1. The van der Waals surface area contributed by atoms with Crippen LogP contribution in [0.2, 0.25) is 5.02 Å². The third-order valence-corrected chi connectivity index (χ3v) is 9.79. The molecule has 3 aromatic carbocycles. The van der Waals surface area contributed by atoms with Gasteiger partial charge in [-0.15, -0.1) is 0 Å². The molecule has 10 heteroatoms. The highest BCUT2D eigenvalue weighted by Crippen LogP contribution is 2.53. The number of thioether (sulfide) groups is 1. The summed E-state index contributed by atoms with van der Waals surface area (Å²) in [7, 11) is 0. The lowest BCUT2D eigenvalue weighted by molar-refractivity contribution is -0.122. The number of thiazole rings is 1. The van der Waals surface area contributed by atoms with Crippen LogP contribution in [-0.2, 0) is 20.9 Å². The number of amides is 3. The lowest BCUT2D eigenvalue weighted by Crippen LogP contribution is -2.33. The minimum atomic E-state index is -0.746. The smallest absolute Gasteiger partial charge is 0.308 e. The van der Waals surface area contributed by atoms with Gasteiger partial charge in [-0.2, -0.15) is 0 Å². The molecular weight excluding hydrogens is 554 g/mol. The number of carbonyl (C=O) groups excluding carboxylic acids is 3. The van der Waals surface area contributed by atoms with Crippen LogP contribution in [0, 0.1) is 12.8 Å². The summed E-state index contributed by atoms with van der Waals surface area (Å²) in [4.78, 5) is 55.4. The zero-order valence-corrected chi connectivity index (χ0v) is 23.1. The molecule has 3 amide bonds. The number of carbonyl (C=O) groups is 3. The normalized spacial score (nSPS) is 20.1. The van der Waals surface area contributed by atoms with Gasteiger partial charge in [0, 0.05) is 21.5 Å². The molecule has 39 heavy (non-hydrogen) atoms. The molecule has 1 N–H and O–H groups in total. The van der Waals surface area contributed by atoms with Gasteiger partial charge in [-0.05, 0) is 48.9 Å². The van der Waals surface area contributed by atoms with Crippen molar-refractivity contribution in [3.63, 3.8) is 0 Å². The standard InChI is InChI=1S/C29H22ClN3O4S2/c1-16-7-13-20(14-8-16)33-26(35)23-22(17-9-11-18(30)12-10-17)25-28(38-24(23)27(33)36)32(29(37)39-25)15-21(34)31-19-5-3-2-4-6-19/h2-14,22-24H,15H2,1H3,(H,31,34)/t22-,23?,24?/m0/s1. The fourth-order valence-electron chi connectivity index (χ4n) is 5.10. The number of nitrogens with zero attached hydrogens (tertiary/aromatic N) is 2. The first kappa shape index (κ1) is 25.6. The molecule has 1 aromatic heterocycles. The lowest BCUT2D eigenvalue weighted by Gasteiger charge is -2.30. The quantitative estimate of drug-likeness (QED) is 0.326. The molecular formula is C29H22ClN3O4S2. The van der Waals surface area contributed by atoms with Crippen molar-refractivity contribution in [2.24, 2.45) is 5.92 Å². The predicted molar refractivity (Wildman–Crippen MR) is 154 cm³/mol. The average Bonchev–Trinajstić information content (AvgIpc) is 3.36. The number of halogens is 1. The molecule has 2 aliphatic heterocycles. The van der Waals surface area contributed by atoms with Crippen molar-refractivity contribution in [2.45, 2.75) is 29.7 Å². The van der Waals surface area contributed by atoms with Crippen LogP contribution in [0.4, 0.5) is 11.4 Å². The molecule has 1 fully saturated rings. The van der Waals surface area contributed by atoms with E-state index in [1.54, 1.807) is 36.4 Å². The Morgan fingerprint density at radius 2 is 1.62 bits per heavy atom. The SMILES string of the molecule is Cc1ccc(N2C(=O)C3Sc4c(sc(=O)n4CC(=O)Nc4ccccc4)[C@@H](c4ccc(Cl)cc4)C3C2=O)cc1. The molecule has 2 unspecified atom stereocenters. The third kappa shape index (κ3) is 4.60. The molecule has 3 atom stereocenters. The van der Waals surface area contributed by atoms with E-state index in [9.17, 15) is 19.2 Å². The number of hydrogen-bond acceptors (Lipinski definition) is 6. The molecule has 1 saturated heterocycles. The van der Waals surface area contributed by atoms with Crippen molar-refractivity contribution < 1.29 is 14.4 Å². The number of imide groups is 1. The summed E-state index contributed by atoms with van der Waals surface area (Å²) in [6.07, 6.45) is 0. The van der Waals surface area contributed by atoms with Gasteiger partial charge in [-0.3, -0.25) is 23.7 Å². The fourth-order valence-corrected chi connectivity index (χ4v) is 8.00. The van der Waals surface area contributed by atoms with Crippen LogP contribution in [0.15, 0.2) is 88.7 Å². The molecule has 6 rings (SSSR count). The number of hydrogen-bond donors (Lipinski definition) is 1. The highest BCUT2D eigenvalue weighted by molar-refractivity contribution is 8.00. The number of benzene rings is 3. The van der Waals surface area contributed by atoms with Crippen molar-refractivity contribution in [1.29, 1.82) is 0 Å². The van der Waals surface area contributed by atoms with E-state index < -0.39 is 17.1 Å². The van der Waals surface area contributed by atoms with Crippen molar-refractivity contribution in [3.05, 3.63) is 110 Å². The van der Waals surface area contributed by atoms with E-state index in [2.05, 4.69) is 5.32 Å². The van der Waals surface area contributed by atoms with Gasteiger partial charge in [0.1, 0.15) is 11.8 Å². The monoisotopic (exact) mass is 575 g/mol. The Hall–Kier alpha value is -3.66. The van der Waals surface area contributed by atoms with E-state index in [0.717, 1.165) is 22.5 Å². The van der Waals surface area contributed by atoms with Gasteiger partial charge < -0.3 is 5.32 Å². The molecule has 2 aliphatic rings. The first-order chi connectivity index (χ1) is 18.8. The van der Waals surface area contributed by atoms with Gasteiger partial charge in [0.25, 0.3) is 0 Å². The third-order valence-electron chi connectivity index (χ3n) is 6.93. The second-order valence-corrected chi connectivity index (χ2v) is 12.0. The summed E-state index contributed by atoms with van der Waals surface area (Å²) in [6.45, 7) is 1.73. The summed E-state index contributed by atoms with van der Waals surface area (Å²) >= 11 is 8.36. The predicted octanol–water partition coefficient (Wildman–Crippen LogP) is 5.31. The van der Waals surface area contributed by atoms with Gasteiger partial charge in [-0.1, -0.05) is 82.7 Å². The van der Waals surface area contributed by atoms with Crippen LogP contribution in [0.1, 0.15) is 21.9 Å². The number of anilines is 2. The Bertz CT molecular complexity index is 1650. The first-order valence-electron chi connectivity index (χ1n) is 12.3. The van der Waals surface area contributed by atoms with E-state index in [0.29, 0.717) is 26.3 Å². The van der Waals surface area contributed by atoms with Gasteiger partial charge in [0.05, 0.1) is 16.6 Å². The second kappa shape index (κ2) is 10.1. The lowest BCUT2D eigenvalue weighted by atomic mass is 9.83. The molecule has 0 saturated carbocycles. The van der Waals surface area contributed by atoms with Crippen LogP contribution in [-0.4, -0.2) is 27.5 Å². The molecule has 0 bridgehead atoms. The molecule has 0 aliphatic carbocycles. The molecule has 3 heterocycles. The highest BCUT2D eigenvalue weighted by atomic mass is 35.5. The van der Waals surface area contributed by atoms with Crippen molar-refractivity contribution >= 4 is 63.8 Å². The fraction of sp³-hybridized carbons (Fsp3) is 0.172. The number of nitrogens with one attached hydrogen (secondary N) is 1. The summed E-state index contributed by atoms with van der Waals surface area (Å²) < 4.78 is 1.41. The Morgan fingerprint density at radius 1 is 0.923 bits per heavy atom. The molecule has 4 aromatic rings. The number of para-hydroxylation sites is 1. The van der Waals surface area contributed by atoms with E-state index in [4.69, 9.17) is 11.6 Å². The summed E-state index contributed by atoms with van der Waals surface area (Å²) in [5.41, 5.74) is 2.94. The van der Waals surface area contributed by atoms with Crippen LogP contribution in [0.25, 0.3) is 0 Å². The molecule has 7 nitrogen and oxygen atoms in total. The van der Waals surface area contributed by atoms with Crippen LogP contribution >= 0.6 is 34.7 Å². The van der Waals surface area contributed by atoms with Gasteiger partial charge in [-0.25, -0.2) is 4.90 Å². The summed E-state index contributed by atoms with van der Waals surface area (Å²) in [5.74, 6) is -2.23.